The van der Waals surface area contributed by atoms with Gasteiger partial charge in [-0.2, -0.15) is 0 Å². The van der Waals surface area contributed by atoms with E-state index in [1.165, 1.54) is 57.2 Å². The van der Waals surface area contributed by atoms with Crippen molar-refractivity contribution in [2.24, 2.45) is 0 Å². The van der Waals surface area contributed by atoms with Gasteiger partial charge in [0.2, 0.25) is 0 Å². The summed E-state index contributed by atoms with van der Waals surface area (Å²) in [5, 5.41) is 0. The third-order valence-electron chi connectivity index (χ3n) is 2.59. The van der Waals surface area contributed by atoms with E-state index in [-0.39, 0.29) is 0 Å². The lowest BCUT2D eigenvalue weighted by Crippen LogP contribution is -2.06. The predicted molar refractivity (Wildman–Crippen MR) is 66.3 cm³/mol. The predicted octanol–water partition coefficient (Wildman–Crippen LogP) is 4.21. The zero-order valence-electron chi connectivity index (χ0n) is 9.37. The Labute approximate surface area is 93.1 Å². The number of rotatable bonds is 8. The van der Waals surface area contributed by atoms with Crippen LogP contribution in [-0.4, -0.2) is 16.6 Å². The molecule has 14 heavy (non-hydrogen) atoms. The molecule has 0 unspecified atom stereocenters. The first kappa shape index (κ1) is 12.0. The monoisotopic (exact) mass is 213 g/mol. The average molecular weight is 213 g/mol. The third-order valence-corrected chi connectivity index (χ3v) is 3.57. The molecule has 0 spiro atoms. The summed E-state index contributed by atoms with van der Waals surface area (Å²) in [6.07, 6.45) is 14.3. The fourth-order valence-corrected chi connectivity index (χ4v) is 2.50. The number of hydrogen-bond donors (Lipinski definition) is 0. The zero-order chi connectivity index (χ0) is 10.1. The maximum absolute atomic E-state index is 2.37. The van der Waals surface area contributed by atoms with E-state index < -0.39 is 0 Å². The highest BCUT2D eigenvalue weighted by molar-refractivity contribution is 7.97. The lowest BCUT2D eigenvalue weighted by atomic mass is 10.1. The molecule has 0 radical (unpaired) electrons. The Hall–Kier alpha value is -0.110. The van der Waals surface area contributed by atoms with E-state index in [0.717, 1.165) is 0 Å². The molecule has 0 aromatic carbocycles. The first-order chi connectivity index (χ1) is 6.93. The molecule has 1 aliphatic heterocycles. The van der Waals surface area contributed by atoms with Gasteiger partial charge in [-0.3, -0.25) is 0 Å². The standard InChI is InChI=1S/C12H23NS/c1-2-3-4-5-6-7-8-10-13-11-9-12-14-13/h9,11H,2-8,10,12H2,1H3. The van der Waals surface area contributed by atoms with Gasteiger partial charge in [0, 0.05) is 18.5 Å². The minimum absolute atomic E-state index is 1.18. The van der Waals surface area contributed by atoms with Crippen LogP contribution in [0.1, 0.15) is 51.9 Å². The lowest BCUT2D eigenvalue weighted by molar-refractivity contribution is 0.534. The van der Waals surface area contributed by atoms with Crippen LogP contribution < -0.4 is 0 Å². The van der Waals surface area contributed by atoms with Crippen molar-refractivity contribution in [3.8, 4) is 0 Å². The smallest absolute Gasteiger partial charge is 0.0331 e. The van der Waals surface area contributed by atoms with Crippen LogP contribution in [0.15, 0.2) is 12.3 Å². The van der Waals surface area contributed by atoms with Crippen molar-refractivity contribution in [2.45, 2.75) is 51.9 Å². The van der Waals surface area contributed by atoms with Crippen LogP contribution in [0.25, 0.3) is 0 Å². The molecule has 82 valence electrons. The largest absolute Gasteiger partial charge is 0.323 e. The van der Waals surface area contributed by atoms with E-state index in [1.807, 2.05) is 11.9 Å². The minimum Gasteiger partial charge on any atom is -0.323 e. The second kappa shape index (κ2) is 8.22. The second-order valence-electron chi connectivity index (χ2n) is 3.94. The highest BCUT2D eigenvalue weighted by Crippen LogP contribution is 2.18. The van der Waals surface area contributed by atoms with Crippen LogP contribution in [0.5, 0.6) is 0 Å². The van der Waals surface area contributed by atoms with Crippen LogP contribution in [0.3, 0.4) is 0 Å². The quantitative estimate of drug-likeness (QED) is 0.439. The van der Waals surface area contributed by atoms with Crippen LogP contribution in [0.4, 0.5) is 0 Å². The molecule has 0 amide bonds. The third kappa shape index (κ3) is 5.58. The molecule has 0 fully saturated rings. The maximum atomic E-state index is 2.37. The van der Waals surface area contributed by atoms with Crippen LogP contribution in [0.2, 0.25) is 0 Å². The Morgan fingerprint density at radius 2 is 1.79 bits per heavy atom. The molecule has 0 atom stereocenters. The summed E-state index contributed by atoms with van der Waals surface area (Å²) in [5.74, 6) is 1.18. The van der Waals surface area contributed by atoms with E-state index in [4.69, 9.17) is 0 Å². The van der Waals surface area contributed by atoms with E-state index in [0.29, 0.717) is 0 Å². The number of unbranched alkanes of at least 4 members (excludes halogenated alkanes) is 6. The summed E-state index contributed by atoms with van der Waals surface area (Å²) in [6.45, 7) is 3.52. The summed E-state index contributed by atoms with van der Waals surface area (Å²) in [5.41, 5.74) is 0. The normalized spacial score (nSPS) is 15.4. The summed E-state index contributed by atoms with van der Waals surface area (Å²) in [7, 11) is 0. The molecule has 1 nitrogen and oxygen atoms in total. The lowest BCUT2D eigenvalue weighted by Gasteiger charge is -2.12. The molecular formula is C12H23NS. The van der Waals surface area contributed by atoms with Gasteiger partial charge in [0.15, 0.2) is 0 Å². The molecule has 1 aliphatic rings. The maximum Gasteiger partial charge on any atom is 0.0331 e. The van der Waals surface area contributed by atoms with Crippen molar-refractivity contribution in [1.29, 1.82) is 0 Å². The van der Waals surface area contributed by atoms with Crippen molar-refractivity contribution in [3.05, 3.63) is 12.3 Å². The SMILES string of the molecule is CCCCCCCCCN1C=CCS1. The van der Waals surface area contributed by atoms with Crippen molar-refractivity contribution in [1.82, 2.24) is 4.31 Å². The van der Waals surface area contributed by atoms with Crippen molar-refractivity contribution in [2.75, 3.05) is 12.3 Å². The van der Waals surface area contributed by atoms with E-state index in [9.17, 15) is 0 Å². The van der Waals surface area contributed by atoms with Gasteiger partial charge in [-0.1, -0.05) is 51.5 Å². The van der Waals surface area contributed by atoms with Gasteiger partial charge in [-0.15, -0.1) is 0 Å². The van der Waals surface area contributed by atoms with E-state index in [2.05, 4.69) is 23.5 Å². The average Bonchev–Trinajstić information content (AvgIpc) is 2.69. The fraction of sp³-hybridized carbons (Fsp3) is 0.833. The summed E-state index contributed by atoms with van der Waals surface area (Å²) in [4.78, 5) is 0. The van der Waals surface area contributed by atoms with Crippen molar-refractivity contribution >= 4 is 11.9 Å². The summed E-state index contributed by atoms with van der Waals surface area (Å²) in [6, 6.07) is 0. The molecule has 0 aromatic heterocycles. The first-order valence-corrected chi connectivity index (χ1v) is 6.94. The highest BCUT2D eigenvalue weighted by Gasteiger charge is 2.03. The molecule has 2 heteroatoms. The number of hydrogen-bond acceptors (Lipinski definition) is 2. The van der Waals surface area contributed by atoms with Gasteiger partial charge in [0.1, 0.15) is 0 Å². The number of nitrogens with zero attached hydrogens (tertiary/aromatic N) is 1. The van der Waals surface area contributed by atoms with E-state index >= 15 is 0 Å². The van der Waals surface area contributed by atoms with Crippen molar-refractivity contribution in [3.63, 3.8) is 0 Å². The molecule has 0 N–H and O–H groups in total. The Morgan fingerprint density at radius 1 is 1.07 bits per heavy atom. The van der Waals surface area contributed by atoms with Gasteiger partial charge in [-0.05, 0) is 18.4 Å². The van der Waals surface area contributed by atoms with Crippen molar-refractivity contribution < 1.29 is 0 Å². The van der Waals surface area contributed by atoms with Gasteiger partial charge in [-0.25, -0.2) is 0 Å². The Kier molecular flexibility index (Phi) is 7.02. The van der Waals surface area contributed by atoms with E-state index in [1.54, 1.807) is 0 Å². The van der Waals surface area contributed by atoms with Crippen LogP contribution >= 0.6 is 11.9 Å². The molecular weight excluding hydrogens is 190 g/mol. The zero-order valence-corrected chi connectivity index (χ0v) is 10.2. The van der Waals surface area contributed by atoms with Crippen LogP contribution in [0, 0.1) is 0 Å². The molecule has 0 aromatic rings. The molecule has 0 bridgehead atoms. The molecule has 0 saturated heterocycles. The van der Waals surface area contributed by atoms with Gasteiger partial charge >= 0.3 is 0 Å². The second-order valence-corrected chi connectivity index (χ2v) is 5.00. The van der Waals surface area contributed by atoms with Gasteiger partial charge in [0.05, 0.1) is 0 Å². The van der Waals surface area contributed by atoms with Gasteiger partial charge in [0.25, 0.3) is 0 Å². The molecule has 1 rings (SSSR count). The first-order valence-electron chi connectivity index (χ1n) is 5.99. The van der Waals surface area contributed by atoms with Crippen LogP contribution in [-0.2, 0) is 0 Å². The highest BCUT2D eigenvalue weighted by atomic mass is 32.2. The fourth-order valence-electron chi connectivity index (χ4n) is 1.71. The molecule has 0 aliphatic carbocycles. The molecule has 0 saturated carbocycles. The van der Waals surface area contributed by atoms with Gasteiger partial charge < -0.3 is 4.31 Å². The Morgan fingerprint density at radius 3 is 2.43 bits per heavy atom. The summed E-state index contributed by atoms with van der Waals surface area (Å²) >= 11 is 1.94. The Balaban J connectivity index is 1.77. The Bertz CT molecular complexity index is 156. The minimum atomic E-state index is 1.18. The summed E-state index contributed by atoms with van der Waals surface area (Å²) < 4.78 is 2.37. The topological polar surface area (TPSA) is 3.24 Å². The molecule has 1 heterocycles.